The lowest BCUT2D eigenvalue weighted by Crippen LogP contribution is -2.43. The number of nitrogens with two attached hydrogens (primary N) is 1. The summed E-state index contributed by atoms with van der Waals surface area (Å²) in [6, 6.07) is 15.5. The number of rotatable bonds is 6. The molecule has 1 unspecified atom stereocenters. The van der Waals surface area contributed by atoms with E-state index in [2.05, 4.69) is 5.32 Å². The van der Waals surface area contributed by atoms with Crippen molar-refractivity contribution in [2.24, 2.45) is 0 Å². The highest BCUT2D eigenvalue weighted by Gasteiger charge is 2.22. The molecule has 0 spiro atoms. The molecule has 0 heterocycles. The highest BCUT2D eigenvalue weighted by atomic mass is 16.6. The van der Waals surface area contributed by atoms with Crippen molar-refractivity contribution in [1.82, 2.24) is 5.32 Å². The maximum Gasteiger partial charge on any atom is 0.408 e. The molecule has 2 rings (SSSR count). The van der Waals surface area contributed by atoms with Crippen molar-refractivity contribution in [3.63, 3.8) is 0 Å². The number of nitrogen functional groups attached to an aromatic ring is 1. The van der Waals surface area contributed by atoms with Crippen LogP contribution in [0.2, 0.25) is 0 Å². The van der Waals surface area contributed by atoms with Gasteiger partial charge in [0.05, 0.1) is 7.11 Å². The van der Waals surface area contributed by atoms with Gasteiger partial charge in [0.2, 0.25) is 0 Å². The fraction of sp³-hybridized carbons (Fsp3) is 0.222. The molecule has 2 aromatic carbocycles. The van der Waals surface area contributed by atoms with E-state index in [-0.39, 0.29) is 13.0 Å². The van der Waals surface area contributed by atoms with E-state index in [1.54, 1.807) is 24.3 Å². The van der Waals surface area contributed by atoms with E-state index in [9.17, 15) is 9.59 Å². The van der Waals surface area contributed by atoms with Crippen LogP contribution in [-0.2, 0) is 27.3 Å². The van der Waals surface area contributed by atoms with Crippen LogP contribution >= 0.6 is 0 Å². The molecule has 6 nitrogen and oxygen atoms in total. The summed E-state index contributed by atoms with van der Waals surface area (Å²) in [5.41, 5.74) is 7.98. The number of ether oxygens (including phenoxy) is 2. The first-order valence-corrected chi connectivity index (χ1v) is 7.48. The van der Waals surface area contributed by atoms with Gasteiger partial charge in [-0.1, -0.05) is 42.5 Å². The molecule has 0 aliphatic heterocycles. The van der Waals surface area contributed by atoms with Crippen molar-refractivity contribution in [3.05, 3.63) is 65.7 Å². The quantitative estimate of drug-likeness (QED) is 0.627. The molecular weight excluding hydrogens is 308 g/mol. The minimum absolute atomic E-state index is 0.127. The normalized spacial score (nSPS) is 11.4. The number of anilines is 1. The monoisotopic (exact) mass is 328 g/mol. The first-order chi connectivity index (χ1) is 11.6. The van der Waals surface area contributed by atoms with Crippen LogP contribution < -0.4 is 11.1 Å². The molecule has 1 amide bonds. The van der Waals surface area contributed by atoms with Gasteiger partial charge in [-0.25, -0.2) is 9.59 Å². The lowest BCUT2D eigenvalue weighted by Gasteiger charge is -2.16. The zero-order valence-electron chi connectivity index (χ0n) is 13.4. The van der Waals surface area contributed by atoms with Gasteiger partial charge in [0, 0.05) is 12.1 Å². The minimum atomic E-state index is -0.832. The molecule has 126 valence electrons. The molecule has 0 aromatic heterocycles. The number of hydrogen-bond donors (Lipinski definition) is 2. The predicted molar refractivity (Wildman–Crippen MR) is 90.1 cm³/mol. The molecule has 6 heteroatoms. The van der Waals surface area contributed by atoms with E-state index in [0.717, 1.165) is 11.1 Å². The van der Waals surface area contributed by atoms with E-state index in [4.69, 9.17) is 15.2 Å². The van der Waals surface area contributed by atoms with Crippen molar-refractivity contribution in [1.29, 1.82) is 0 Å². The Balaban J connectivity index is 1.93. The molecule has 0 bridgehead atoms. The van der Waals surface area contributed by atoms with Gasteiger partial charge in [-0.3, -0.25) is 0 Å². The highest BCUT2D eigenvalue weighted by Crippen LogP contribution is 2.09. The third-order valence-electron chi connectivity index (χ3n) is 3.41. The number of esters is 1. The smallest absolute Gasteiger partial charge is 0.408 e. The van der Waals surface area contributed by atoms with E-state index >= 15 is 0 Å². The number of alkyl carbamates (subject to hydrolysis) is 1. The third kappa shape index (κ3) is 5.31. The van der Waals surface area contributed by atoms with Crippen molar-refractivity contribution in [2.75, 3.05) is 12.8 Å². The van der Waals surface area contributed by atoms with Crippen LogP contribution in [0.1, 0.15) is 11.1 Å². The van der Waals surface area contributed by atoms with E-state index < -0.39 is 18.1 Å². The molecule has 0 radical (unpaired) electrons. The molecule has 0 aliphatic carbocycles. The Morgan fingerprint density at radius 1 is 1.04 bits per heavy atom. The summed E-state index contributed by atoms with van der Waals surface area (Å²) >= 11 is 0. The average molecular weight is 328 g/mol. The van der Waals surface area contributed by atoms with Gasteiger partial charge < -0.3 is 20.5 Å². The van der Waals surface area contributed by atoms with Crippen LogP contribution in [0.5, 0.6) is 0 Å². The first kappa shape index (κ1) is 17.3. The largest absolute Gasteiger partial charge is 0.467 e. The lowest BCUT2D eigenvalue weighted by atomic mass is 10.1. The van der Waals surface area contributed by atoms with Gasteiger partial charge in [-0.2, -0.15) is 0 Å². The van der Waals surface area contributed by atoms with E-state index in [1.807, 2.05) is 30.3 Å². The van der Waals surface area contributed by atoms with Crippen LogP contribution in [0, 0.1) is 0 Å². The summed E-state index contributed by atoms with van der Waals surface area (Å²) in [5, 5.41) is 2.53. The SMILES string of the molecule is COC(=O)C(Cc1ccc(N)cc1)NC(=O)OCc1ccccc1. The van der Waals surface area contributed by atoms with Crippen molar-refractivity contribution in [2.45, 2.75) is 19.1 Å². The molecule has 2 aromatic rings. The van der Waals surface area contributed by atoms with Gasteiger partial charge >= 0.3 is 12.1 Å². The number of carbonyl (C=O) groups excluding carboxylic acids is 2. The van der Waals surface area contributed by atoms with Crippen LogP contribution in [0.15, 0.2) is 54.6 Å². The zero-order valence-corrected chi connectivity index (χ0v) is 13.4. The van der Waals surface area contributed by atoms with Crippen LogP contribution in [0.4, 0.5) is 10.5 Å². The molecule has 24 heavy (non-hydrogen) atoms. The number of benzene rings is 2. The summed E-state index contributed by atoms with van der Waals surface area (Å²) in [6.45, 7) is 0.127. The summed E-state index contributed by atoms with van der Waals surface area (Å²) in [4.78, 5) is 23.8. The number of hydrogen-bond acceptors (Lipinski definition) is 5. The van der Waals surface area contributed by atoms with Gasteiger partial charge in [0.25, 0.3) is 0 Å². The second-order valence-corrected chi connectivity index (χ2v) is 5.23. The summed E-state index contributed by atoms with van der Waals surface area (Å²) in [6.07, 6.45) is -0.391. The number of nitrogens with one attached hydrogen (secondary N) is 1. The topological polar surface area (TPSA) is 90.6 Å². The summed E-state index contributed by atoms with van der Waals surface area (Å²) in [7, 11) is 1.27. The number of carbonyl (C=O) groups is 2. The predicted octanol–water partition coefficient (Wildman–Crippen LogP) is 2.28. The molecule has 0 saturated carbocycles. The molecular formula is C18H20N2O4. The van der Waals surface area contributed by atoms with Crippen LogP contribution in [0.25, 0.3) is 0 Å². The average Bonchev–Trinajstić information content (AvgIpc) is 2.61. The maximum atomic E-state index is 11.9. The van der Waals surface area contributed by atoms with Crippen LogP contribution in [0.3, 0.4) is 0 Å². The number of amides is 1. The number of methoxy groups -OCH3 is 1. The minimum Gasteiger partial charge on any atom is -0.467 e. The van der Waals surface area contributed by atoms with Gasteiger partial charge in [0.1, 0.15) is 12.6 Å². The standard InChI is InChI=1S/C18H20N2O4/c1-23-17(21)16(11-13-7-9-15(19)10-8-13)20-18(22)24-12-14-5-3-2-4-6-14/h2-10,16H,11-12,19H2,1H3,(H,20,22). The zero-order chi connectivity index (χ0) is 17.4. The highest BCUT2D eigenvalue weighted by molar-refractivity contribution is 5.81. The first-order valence-electron chi connectivity index (χ1n) is 7.48. The van der Waals surface area contributed by atoms with Gasteiger partial charge in [0.15, 0.2) is 0 Å². The Morgan fingerprint density at radius 2 is 1.71 bits per heavy atom. The fourth-order valence-electron chi connectivity index (χ4n) is 2.13. The molecule has 0 aliphatic rings. The Hall–Kier alpha value is -3.02. The lowest BCUT2D eigenvalue weighted by molar-refractivity contribution is -0.143. The Bertz CT molecular complexity index is 671. The second-order valence-electron chi connectivity index (χ2n) is 5.23. The van der Waals surface area contributed by atoms with Gasteiger partial charge in [-0.15, -0.1) is 0 Å². The second kappa shape index (κ2) is 8.57. The Kier molecular flexibility index (Phi) is 6.19. The molecule has 0 fully saturated rings. The van der Waals surface area contributed by atoms with Crippen molar-refractivity contribution >= 4 is 17.7 Å². The molecule has 0 saturated heterocycles. The van der Waals surface area contributed by atoms with E-state index in [1.165, 1.54) is 7.11 Å². The Morgan fingerprint density at radius 3 is 2.33 bits per heavy atom. The Labute approximate surface area is 140 Å². The van der Waals surface area contributed by atoms with Crippen LogP contribution in [-0.4, -0.2) is 25.2 Å². The van der Waals surface area contributed by atoms with E-state index in [0.29, 0.717) is 5.69 Å². The maximum absolute atomic E-state index is 11.9. The molecule has 1 atom stereocenters. The van der Waals surface area contributed by atoms with Gasteiger partial charge in [-0.05, 0) is 23.3 Å². The van der Waals surface area contributed by atoms with Crippen molar-refractivity contribution in [3.8, 4) is 0 Å². The summed E-state index contributed by atoms with van der Waals surface area (Å²) < 4.78 is 9.87. The summed E-state index contributed by atoms with van der Waals surface area (Å²) in [5.74, 6) is -0.538. The third-order valence-corrected chi connectivity index (χ3v) is 3.41. The molecule has 3 N–H and O–H groups in total. The van der Waals surface area contributed by atoms with Crippen molar-refractivity contribution < 1.29 is 19.1 Å². The fourth-order valence-corrected chi connectivity index (χ4v) is 2.13.